The maximum atomic E-state index is 12.4. The van der Waals surface area contributed by atoms with Gasteiger partial charge in [-0.05, 0) is 18.6 Å². The summed E-state index contributed by atoms with van der Waals surface area (Å²) in [5.41, 5.74) is 4.26. The molecule has 0 fully saturated rings. The number of phenolic OH excluding ortho intramolecular Hbond substituents is 1. The van der Waals surface area contributed by atoms with Gasteiger partial charge in [0.15, 0.2) is 0 Å². The summed E-state index contributed by atoms with van der Waals surface area (Å²) >= 11 is 0. The predicted octanol–water partition coefficient (Wildman–Crippen LogP) is 2.30. The molecule has 0 aliphatic rings. The second-order valence-corrected chi connectivity index (χ2v) is 3.28. The summed E-state index contributed by atoms with van der Waals surface area (Å²) in [6.45, 7) is 1.45. The summed E-state index contributed by atoms with van der Waals surface area (Å²) in [7, 11) is 0. The van der Waals surface area contributed by atoms with Crippen LogP contribution in [0.5, 0.6) is 5.75 Å². The fourth-order valence-electron chi connectivity index (χ4n) is 1.32. The van der Waals surface area contributed by atoms with Crippen molar-refractivity contribution in [2.24, 2.45) is 5.73 Å². The molecule has 0 bridgehead atoms. The van der Waals surface area contributed by atoms with Gasteiger partial charge in [-0.2, -0.15) is 0 Å². The van der Waals surface area contributed by atoms with E-state index < -0.39 is 34.4 Å². The highest BCUT2D eigenvalue weighted by atomic mass is 35.5. The molecule has 1 rings (SSSR count). The van der Waals surface area contributed by atoms with E-state index in [0.29, 0.717) is 0 Å². The van der Waals surface area contributed by atoms with Crippen LogP contribution < -0.4 is 5.73 Å². The summed E-state index contributed by atoms with van der Waals surface area (Å²) in [6.07, 6.45) is -2.98. The molecule has 17 heavy (non-hydrogen) atoms. The van der Waals surface area contributed by atoms with Crippen molar-refractivity contribution in [3.8, 4) is 5.75 Å². The molecule has 3 N–H and O–H groups in total. The number of halogens is 3. The van der Waals surface area contributed by atoms with Crippen LogP contribution in [-0.2, 0) is 0 Å². The lowest BCUT2D eigenvalue weighted by Crippen LogP contribution is -2.20. The van der Waals surface area contributed by atoms with Crippen molar-refractivity contribution in [3.63, 3.8) is 0 Å². The van der Waals surface area contributed by atoms with Gasteiger partial charge in [-0.3, -0.25) is 10.1 Å². The number of rotatable bonds is 3. The van der Waals surface area contributed by atoms with Crippen molar-refractivity contribution in [3.05, 3.63) is 33.4 Å². The normalized spacial score (nSPS) is 12.1. The first-order chi connectivity index (χ1) is 7.36. The zero-order valence-electron chi connectivity index (χ0n) is 8.76. The van der Waals surface area contributed by atoms with Crippen LogP contribution in [0, 0.1) is 17.0 Å². The smallest absolute Gasteiger partial charge is 0.278 e. The van der Waals surface area contributed by atoms with Crippen LogP contribution >= 0.6 is 12.4 Å². The Morgan fingerprint density at radius 1 is 1.47 bits per heavy atom. The average Bonchev–Trinajstić information content (AvgIpc) is 2.20. The molecule has 0 aromatic heterocycles. The van der Waals surface area contributed by atoms with Gasteiger partial charge in [-0.15, -0.1) is 12.4 Å². The Morgan fingerprint density at radius 2 is 2.00 bits per heavy atom. The molecule has 1 atom stereocenters. The topological polar surface area (TPSA) is 89.4 Å². The van der Waals surface area contributed by atoms with E-state index in [9.17, 15) is 24.0 Å². The summed E-state index contributed by atoms with van der Waals surface area (Å²) in [6, 6.07) is 0.446. The molecule has 0 amide bonds. The Hall–Kier alpha value is -1.47. The molecular formula is C9H11ClF2N2O3. The van der Waals surface area contributed by atoms with Gasteiger partial charge < -0.3 is 10.8 Å². The van der Waals surface area contributed by atoms with Crippen molar-refractivity contribution in [2.45, 2.75) is 19.4 Å². The maximum absolute atomic E-state index is 12.4. The molecule has 0 heterocycles. The number of nitrogens with two attached hydrogens (primary N) is 1. The molecule has 1 aromatic rings. The predicted molar refractivity (Wildman–Crippen MR) is 59.7 cm³/mol. The van der Waals surface area contributed by atoms with Crippen LogP contribution in [-0.4, -0.2) is 16.5 Å². The minimum Gasteiger partial charge on any atom is -0.507 e. The number of phenols is 1. The SMILES string of the molecule is Cc1ccc([N+](=O)[O-])c([C@H](N)C(F)F)c1O.Cl. The van der Waals surface area contributed by atoms with E-state index >= 15 is 0 Å². The average molecular weight is 269 g/mol. The summed E-state index contributed by atoms with van der Waals surface area (Å²) < 4.78 is 24.8. The fraction of sp³-hybridized carbons (Fsp3) is 0.333. The molecule has 1 aromatic carbocycles. The van der Waals surface area contributed by atoms with E-state index in [-0.39, 0.29) is 18.0 Å². The minimum absolute atomic E-state index is 0. The Labute approximate surface area is 102 Å². The zero-order valence-corrected chi connectivity index (χ0v) is 9.58. The summed E-state index contributed by atoms with van der Waals surface area (Å²) in [5.74, 6) is -0.554. The Balaban J connectivity index is 0.00000256. The highest BCUT2D eigenvalue weighted by Gasteiger charge is 2.30. The third kappa shape index (κ3) is 3.01. The molecular weight excluding hydrogens is 258 g/mol. The van der Waals surface area contributed by atoms with E-state index in [2.05, 4.69) is 0 Å². The van der Waals surface area contributed by atoms with Crippen LogP contribution in [0.2, 0.25) is 0 Å². The van der Waals surface area contributed by atoms with E-state index in [1.807, 2.05) is 0 Å². The lowest BCUT2D eigenvalue weighted by atomic mass is 10.0. The monoisotopic (exact) mass is 268 g/mol. The highest BCUT2D eigenvalue weighted by molar-refractivity contribution is 5.85. The maximum Gasteiger partial charge on any atom is 0.278 e. The van der Waals surface area contributed by atoms with Crippen LogP contribution in [0.4, 0.5) is 14.5 Å². The van der Waals surface area contributed by atoms with Gasteiger partial charge in [-0.1, -0.05) is 0 Å². The Kier molecular flexibility index (Phi) is 5.24. The molecule has 0 saturated heterocycles. The first-order valence-electron chi connectivity index (χ1n) is 4.36. The van der Waals surface area contributed by atoms with E-state index in [4.69, 9.17) is 5.73 Å². The zero-order chi connectivity index (χ0) is 12.5. The van der Waals surface area contributed by atoms with Crippen molar-refractivity contribution < 1.29 is 18.8 Å². The minimum atomic E-state index is -2.98. The second-order valence-electron chi connectivity index (χ2n) is 3.28. The molecule has 0 spiro atoms. The van der Waals surface area contributed by atoms with Crippen molar-refractivity contribution in [1.82, 2.24) is 0 Å². The first kappa shape index (κ1) is 15.5. The quantitative estimate of drug-likeness (QED) is 0.650. The lowest BCUT2D eigenvalue weighted by Gasteiger charge is -2.14. The third-order valence-electron chi connectivity index (χ3n) is 2.20. The van der Waals surface area contributed by atoms with Gasteiger partial charge in [-0.25, -0.2) is 8.78 Å². The van der Waals surface area contributed by atoms with Crippen molar-refractivity contribution in [1.29, 1.82) is 0 Å². The second kappa shape index (κ2) is 5.74. The van der Waals surface area contributed by atoms with Crippen LogP contribution in [0.1, 0.15) is 17.2 Å². The van der Waals surface area contributed by atoms with Gasteiger partial charge in [0.25, 0.3) is 12.1 Å². The Bertz CT molecular complexity index is 429. The highest BCUT2D eigenvalue weighted by Crippen LogP contribution is 2.36. The van der Waals surface area contributed by atoms with Gasteiger partial charge >= 0.3 is 0 Å². The van der Waals surface area contributed by atoms with Gasteiger partial charge in [0.05, 0.1) is 10.5 Å². The van der Waals surface area contributed by atoms with Crippen molar-refractivity contribution in [2.75, 3.05) is 0 Å². The number of nitro benzene ring substituents is 1. The molecule has 0 aliphatic carbocycles. The number of alkyl halides is 2. The number of hydrogen-bond donors (Lipinski definition) is 2. The molecule has 0 saturated carbocycles. The van der Waals surface area contributed by atoms with Crippen LogP contribution in [0.3, 0.4) is 0 Å². The Morgan fingerprint density at radius 3 is 2.41 bits per heavy atom. The van der Waals surface area contributed by atoms with Crippen molar-refractivity contribution >= 4 is 18.1 Å². The molecule has 8 heteroatoms. The van der Waals surface area contributed by atoms with Crippen LogP contribution in [0.15, 0.2) is 12.1 Å². The number of nitro groups is 1. The number of aromatic hydroxyl groups is 1. The third-order valence-corrected chi connectivity index (χ3v) is 2.20. The number of benzene rings is 1. The van der Waals surface area contributed by atoms with E-state index in [0.717, 1.165) is 6.07 Å². The number of nitrogens with zero attached hydrogens (tertiary/aromatic N) is 1. The molecule has 0 aliphatic heterocycles. The molecule has 96 valence electrons. The standard InChI is InChI=1S/C9H10F2N2O3.ClH/c1-4-2-3-5(13(15)16)6(8(4)14)7(12)9(10)11;/h2-3,7,9,14H,12H2,1H3;1H/t7-;/m0./s1. The number of hydrogen-bond acceptors (Lipinski definition) is 4. The van der Waals surface area contributed by atoms with Crippen LogP contribution in [0.25, 0.3) is 0 Å². The molecule has 0 unspecified atom stereocenters. The van der Waals surface area contributed by atoms with Gasteiger partial charge in [0.1, 0.15) is 11.8 Å². The fourth-order valence-corrected chi connectivity index (χ4v) is 1.32. The first-order valence-corrected chi connectivity index (χ1v) is 4.36. The lowest BCUT2D eigenvalue weighted by molar-refractivity contribution is -0.386. The van der Waals surface area contributed by atoms with E-state index in [1.165, 1.54) is 13.0 Å². The summed E-state index contributed by atoms with van der Waals surface area (Å²) in [4.78, 5) is 9.76. The molecule has 5 nitrogen and oxygen atoms in total. The number of aryl methyl sites for hydroxylation is 1. The van der Waals surface area contributed by atoms with Gasteiger partial charge in [0.2, 0.25) is 0 Å². The summed E-state index contributed by atoms with van der Waals surface area (Å²) in [5, 5.41) is 20.1. The van der Waals surface area contributed by atoms with Gasteiger partial charge in [0, 0.05) is 6.07 Å². The van der Waals surface area contributed by atoms with E-state index in [1.54, 1.807) is 0 Å². The molecule has 0 radical (unpaired) electrons. The largest absolute Gasteiger partial charge is 0.507 e.